The maximum atomic E-state index is 11.1. The van der Waals surface area contributed by atoms with E-state index in [4.69, 9.17) is 14.3 Å². The fraction of sp³-hybridized carbons (Fsp3) is 0.111. The number of phenolic OH excluding ortho intramolecular Hbond substituents is 1. The zero-order valence-corrected chi connectivity index (χ0v) is 12.6. The number of aromatic hydroxyl groups is 1. The zero-order chi connectivity index (χ0) is 16.7. The smallest absolute Gasteiger partial charge is 0.338 e. The second-order valence-electron chi connectivity index (χ2n) is 4.55. The lowest BCUT2D eigenvalue weighted by Crippen LogP contribution is -2.03. The maximum absolute atomic E-state index is 11.1. The monoisotopic (exact) mass is 312 g/mol. The third-order valence-corrected chi connectivity index (χ3v) is 2.95. The fourth-order valence-electron chi connectivity index (χ4n) is 1.84. The Balaban J connectivity index is 0.000000167. The highest BCUT2D eigenvalue weighted by Gasteiger charge is 2.04. The molecule has 1 aromatic heterocycles. The van der Waals surface area contributed by atoms with Gasteiger partial charge < -0.3 is 14.3 Å². The highest BCUT2D eigenvalue weighted by molar-refractivity contribution is 5.89. The Labute approximate surface area is 132 Å². The molecular weight excluding hydrogens is 296 g/mol. The number of esters is 1. The van der Waals surface area contributed by atoms with Crippen LogP contribution < -0.4 is 5.43 Å². The Kier molecular flexibility index (Phi) is 5.52. The van der Waals surface area contributed by atoms with Gasteiger partial charge in [0.1, 0.15) is 11.3 Å². The van der Waals surface area contributed by atoms with Crippen molar-refractivity contribution in [2.75, 3.05) is 6.61 Å². The van der Waals surface area contributed by atoms with Crippen LogP contribution in [0.25, 0.3) is 11.0 Å². The van der Waals surface area contributed by atoms with Crippen LogP contribution in [0.2, 0.25) is 0 Å². The molecule has 3 aromatic rings. The minimum Gasteiger partial charge on any atom is -0.508 e. The van der Waals surface area contributed by atoms with Crippen molar-refractivity contribution in [3.63, 3.8) is 0 Å². The van der Waals surface area contributed by atoms with E-state index in [2.05, 4.69) is 0 Å². The number of hydrogen-bond acceptors (Lipinski definition) is 5. The topological polar surface area (TPSA) is 76.7 Å². The van der Waals surface area contributed by atoms with Crippen LogP contribution in [0.5, 0.6) is 5.75 Å². The lowest BCUT2D eigenvalue weighted by atomic mass is 10.2. The van der Waals surface area contributed by atoms with Crippen LogP contribution in [0.4, 0.5) is 0 Å². The molecule has 118 valence electrons. The quantitative estimate of drug-likeness (QED) is 0.734. The van der Waals surface area contributed by atoms with Crippen molar-refractivity contribution < 1.29 is 19.1 Å². The molecule has 2 aromatic carbocycles. The molecule has 0 atom stereocenters. The van der Waals surface area contributed by atoms with Crippen molar-refractivity contribution in [1.29, 1.82) is 0 Å². The molecule has 0 aliphatic carbocycles. The minimum absolute atomic E-state index is 0.00634. The number of carbonyl (C=O) groups excluding carboxylic acids is 1. The number of benzene rings is 2. The molecule has 0 amide bonds. The van der Waals surface area contributed by atoms with E-state index in [1.165, 1.54) is 36.6 Å². The van der Waals surface area contributed by atoms with Crippen LogP contribution in [-0.4, -0.2) is 17.7 Å². The summed E-state index contributed by atoms with van der Waals surface area (Å²) in [7, 11) is 0. The number of fused-ring (bicyclic) bond motifs is 1. The number of phenols is 1. The van der Waals surface area contributed by atoms with Gasteiger partial charge in [0.2, 0.25) is 0 Å². The summed E-state index contributed by atoms with van der Waals surface area (Å²) in [5, 5.41) is 9.55. The summed E-state index contributed by atoms with van der Waals surface area (Å²) >= 11 is 0. The van der Waals surface area contributed by atoms with Gasteiger partial charge in [0.05, 0.1) is 23.8 Å². The normalized spacial score (nSPS) is 9.78. The van der Waals surface area contributed by atoms with Gasteiger partial charge in [-0.05, 0) is 43.3 Å². The molecule has 1 heterocycles. The van der Waals surface area contributed by atoms with E-state index in [1.54, 1.807) is 19.1 Å². The first-order valence-electron chi connectivity index (χ1n) is 7.04. The van der Waals surface area contributed by atoms with Gasteiger partial charge in [-0.1, -0.05) is 12.1 Å². The summed E-state index contributed by atoms with van der Waals surface area (Å²) in [6.07, 6.45) is 1.41. The van der Waals surface area contributed by atoms with Gasteiger partial charge in [0, 0.05) is 6.07 Å². The van der Waals surface area contributed by atoms with E-state index < -0.39 is 0 Å². The van der Waals surface area contributed by atoms with Crippen molar-refractivity contribution in [3.05, 3.63) is 76.6 Å². The summed E-state index contributed by atoms with van der Waals surface area (Å²) in [5.41, 5.74) is 1.10. The molecule has 0 fully saturated rings. The van der Waals surface area contributed by atoms with Crippen LogP contribution in [0.1, 0.15) is 17.3 Å². The lowest BCUT2D eigenvalue weighted by Gasteiger charge is -2.00. The van der Waals surface area contributed by atoms with Gasteiger partial charge in [0.25, 0.3) is 0 Å². The zero-order valence-electron chi connectivity index (χ0n) is 12.6. The molecule has 0 radical (unpaired) electrons. The number of rotatable bonds is 2. The average molecular weight is 312 g/mol. The molecular formula is C18H16O5. The van der Waals surface area contributed by atoms with E-state index in [0.29, 0.717) is 23.1 Å². The van der Waals surface area contributed by atoms with E-state index >= 15 is 0 Å². The van der Waals surface area contributed by atoms with Crippen LogP contribution >= 0.6 is 0 Å². The highest BCUT2D eigenvalue weighted by atomic mass is 16.5. The SMILES string of the molecule is CCOC(=O)c1ccc(O)cc1.O=c1ccoc2ccccc12. The van der Waals surface area contributed by atoms with Crippen LogP contribution in [-0.2, 0) is 4.74 Å². The van der Waals surface area contributed by atoms with Crippen molar-refractivity contribution in [3.8, 4) is 5.75 Å². The largest absolute Gasteiger partial charge is 0.508 e. The van der Waals surface area contributed by atoms with E-state index in [-0.39, 0.29) is 17.1 Å². The molecule has 0 spiro atoms. The van der Waals surface area contributed by atoms with Gasteiger partial charge in [-0.15, -0.1) is 0 Å². The molecule has 0 aliphatic heterocycles. The lowest BCUT2D eigenvalue weighted by molar-refractivity contribution is 0.0526. The Bertz CT molecular complexity index is 828. The molecule has 23 heavy (non-hydrogen) atoms. The van der Waals surface area contributed by atoms with Gasteiger partial charge >= 0.3 is 5.97 Å². The Morgan fingerprint density at radius 1 is 1.09 bits per heavy atom. The van der Waals surface area contributed by atoms with Crippen molar-refractivity contribution in [2.45, 2.75) is 6.92 Å². The highest BCUT2D eigenvalue weighted by Crippen LogP contribution is 2.10. The van der Waals surface area contributed by atoms with Gasteiger partial charge in [-0.3, -0.25) is 4.79 Å². The van der Waals surface area contributed by atoms with Crippen molar-refractivity contribution in [2.24, 2.45) is 0 Å². The molecule has 0 unspecified atom stereocenters. The van der Waals surface area contributed by atoms with Crippen LogP contribution in [0, 0.1) is 0 Å². The third-order valence-electron chi connectivity index (χ3n) is 2.95. The predicted molar refractivity (Wildman–Crippen MR) is 86.5 cm³/mol. The minimum atomic E-state index is -0.363. The third kappa shape index (κ3) is 4.44. The molecule has 5 heteroatoms. The number of hydrogen-bond donors (Lipinski definition) is 1. The van der Waals surface area contributed by atoms with Gasteiger partial charge in [-0.25, -0.2) is 4.79 Å². The Hall–Kier alpha value is -3.08. The summed E-state index contributed by atoms with van der Waals surface area (Å²) in [6, 6.07) is 14.5. The van der Waals surface area contributed by atoms with Crippen LogP contribution in [0.15, 0.2) is 70.1 Å². The summed E-state index contributed by atoms with van der Waals surface area (Å²) in [6.45, 7) is 2.11. The molecule has 5 nitrogen and oxygen atoms in total. The van der Waals surface area contributed by atoms with Crippen LogP contribution in [0.3, 0.4) is 0 Å². The number of carbonyl (C=O) groups is 1. The van der Waals surface area contributed by atoms with Gasteiger partial charge in [0.15, 0.2) is 5.43 Å². The molecule has 1 N–H and O–H groups in total. The maximum Gasteiger partial charge on any atom is 0.338 e. The van der Waals surface area contributed by atoms with Gasteiger partial charge in [-0.2, -0.15) is 0 Å². The first-order valence-corrected chi connectivity index (χ1v) is 7.04. The second-order valence-corrected chi connectivity index (χ2v) is 4.55. The van der Waals surface area contributed by atoms with E-state index in [1.807, 2.05) is 12.1 Å². The van der Waals surface area contributed by atoms with Crippen molar-refractivity contribution in [1.82, 2.24) is 0 Å². The van der Waals surface area contributed by atoms with E-state index in [0.717, 1.165) is 0 Å². The standard InChI is InChI=1S/C9H10O3.C9H6O2/c1-2-12-9(11)7-3-5-8(10)6-4-7;10-8-5-6-11-9-4-2-1-3-7(8)9/h3-6,10H,2H2,1H3;1-6H. The predicted octanol–water partition coefficient (Wildman–Crippen LogP) is 3.36. The van der Waals surface area contributed by atoms with E-state index in [9.17, 15) is 9.59 Å². The molecule has 0 aliphatic rings. The molecule has 0 bridgehead atoms. The molecule has 0 saturated heterocycles. The summed E-state index contributed by atoms with van der Waals surface area (Å²) in [5.74, 6) is -0.222. The summed E-state index contributed by atoms with van der Waals surface area (Å²) < 4.78 is 9.84. The number of ether oxygens (including phenoxy) is 1. The fourth-order valence-corrected chi connectivity index (χ4v) is 1.84. The Morgan fingerprint density at radius 3 is 2.43 bits per heavy atom. The second kappa shape index (κ2) is 7.79. The Morgan fingerprint density at radius 2 is 1.78 bits per heavy atom. The first-order chi connectivity index (χ1) is 11.1. The molecule has 0 saturated carbocycles. The summed E-state index contributed by atoms with van der Waals surface area (Å²) in [4.78, 5) is 22.2. The molecule has 3 rings (SSSR count). The average Bonchev–Trinajstić information content (AvgIpc) is 2.57. The van der Waals surface area contributed by atoms with Crippen molar-refractivity contribution >= 4 is 16.9 Å². The first kappa shape index (κ1) is 16.3. The number of para-hydroxylation sites is 1.